The highest BCUT2D eigenvalue weighted by Crippen LogP contribution is 2.47. The van der Waals surface area contributed by atoms with E-state index in [1.807, 2.05) is 6.08 Å². The van der Waals surface area contributed by atoms with E-state index in [4.69, 9.17) is 0 Å². The van der Waals surface area contributed by atoms with E-state index in [0.29, 0.717) is 5.92 Å². The molecule has 0 aromatic heterocycles. The van der Waals surface area contributed by atoms with Crippen LogP contribution >= 0.6 is 0 Å². The summed E-state index contributed by atoms with van der Waals surface area (Å²) in [5.41, 5.74) is 10.00. The van der Waals surface area contributed by atoms with Gasteiger partial charge in [0.1, 0.15) is 0 Å². The lowest BCUT2D eigenvalue weighted by Gasteiger charge is -2.26. The maximum atomic E-state index is 3.88. The van der Waals surface area contributed by atoms with Crippen LogP contribution in [0.5, 0.6) is 0 Å². The van der Waals surface area contributed by atoms with E-state index < -0.39 is 0 Å². The predicted octanol–water partition coefficient (Wildman–Crippen LogP) is 14.8. The molecule has 246 valence electrons. The Kier molecular flexibility index (Phi) is 9.23. The van der Waals surface area contributed by atoms with E-state index in [0.717, 1.165) is 19.3 Å². The molecule has 0 radical (unpaired) electrons. The summed E-state index contributed by atoms with van der Waals surface area (Å²) in [6, 6.07) is 40.4. The molecule has 49 heavy (non-hydrogen) atoms. The number of unbranched alkanes of at least 4 members (excludes halogenated alkanes) is 4. The number of allylic oxidation sites excluding steroid dienone is 1. The van der Waals surface area contributed by atoms with Crippen molar-refractivity contribution in [3.05, 3.63) is 132 Å². The Hall–Kier alpha value is -4.42. The summed E-state index contributed by atoms with van der Waals surface area (Å²) in [6.07, 6.45) is 18.6. The molecule has 0 amide bonds. The Labute approximate surface area is 293 Å². The first-order chi connectivity index (χ1) is 24.2. The van der Waals surface area contributed by atoms with Crippen LogP contribution in [-0.4, -0.2) is 0 Å². The van der Waals surface area contributed by atoms with Crippen LogP contribution in [0.1, 0.15) is 100 Å². The third-order valence-electron chi connectivity index (χ3n) is 11.6. The number of aryl methyl sites for hydroxylation is 2. The van der Waals surface area contributed by atoms with Crippen molar-refractivity contribution in [3.8, 4) is 22.3 Å². The summed E-state index contributed by atoms with van der Waals surface area (Å²) < 4.78 is 0. The van der Waals surface area contributed by atoms with Gasteiger partial charge in [0.2, 0.25) is 0 Å². The van der Waals surface area contributed by atoms with Gasteiger partial charge in [-0.2, -0.15) is 0 Å². The molecule has 0 heterocycles. The molecule has 7 aromatic carbocycles. The lowest BCUT2D eigenvalue weighted by atomic mass is 9.78. The van der Waals surface area contributed by atoms with Crippen molar-refractivity contribution in [1.82, 2.24) is 0 Å². The number of hydrogen-bond donors (Lipinski definition) is 0. The Bertz CT molecular complexity index is 2200. The minimum absolute atomic E-state index is 0.666. The number of benzene rings is 7. The Morgan fingerprint density at radius 2 is 1.14 bits per heavy atom. The summed E-state index contributed by atoms with van der Waals surface area (Å²) in [5.74, 6) is 0.666. The second-order valence-electron chi connectivity index (χ2n) is 14.7. The lowest BCUT2D eigenvalue weighted by molar-refractivity contribution is 0.444. The zero-order valence-corrected chi connectivity index (χ0v) is 29.4. The minimum atomic E-state index is 0.666. The van der Waals surface area contributed by atoms with Crippen LogP contribution in [0.25, 0.3) is 65.3 Å². The van der Waals surface area contributed by atoms with Gasteiger partial charge < -0.3 is 0 Å². The molecule has 0 N–H and O–H groups in total. The highest BCUT2D eigenvalue weighted by molar-refractivity contribution is 6.35. The van der Waals surface area contributed by atoms with Crippen LogP contribution in [0.3, 0.4) is 0 Å². The van der Waals surface area contributed by atoms with Gasteiger partial charge in [0.25, 0.3) is 0 Å². The maximum absolute atomic E-state index is 3.88. The molecule has 1 fully saturated rings. The van der Waals surface area contributed by atoms with Gasteiger partial charge in [-0.25, -0.2) is 0 Å². The molecule has 1 aliphatic carbocycles. The Balaban J connectivity index is 1.26. The molecule has 0 nitrogen and oxygen atoms in total. The average molecular weight is 639 g/mol. The molecule has 0 aliphatic heterocycles. The van der Waals surface area contributed by atoms with E-state index in [1.54, 1.807) is 5.56 Å². The predicted molar refractivity (Wildman–Crippen MR) is 215 cm³/mol. The van der Waals surface area contributed by atoms with Crippen LogP contribution in [0, 0.1) is 0 Å². The second kappa shape index (κ2) is 14.2. The summed E-state index contributed by atoms with van der Waals surface area (Å²) in [4.78, 5) is 0. The fourth-order valence-electron chi connectivity index (χ4n) is 9.02. The summed E-state index contributed by atoms with van der Waals surface area (Å²) >= 11 is 0. The zero-order chi connectivity index (χ0) is 33.2. The van der Waals surface area contributed by atoms with Crippen molar-refractivity contribution >= 4 is 43.1 Å². The first kappa shape index (κ1) is 31.8. The second-order valence-corrected chi connectivity index (χ2v) is 14.7. The third-order valence-corrected chi connectivity index (χ3v) is 11.6. The van der Waals surface area contributed by atoms with Gasteiger partial charge in [0.15, 0.2) is 0 Å². The van der Waals surface area contributed by atoms with Gasteiger partial charge in [-0.1, -0.05) is 155 Å². The standard InChI is InChI=1S/C49H50/c1-3-5-7-10-16-35-25-28-40(47(33-35)36-17-11-8-12-18-36)39-30-32-46-45-31-29-38(37-26-23-34(24-27-37)15-9-6-4-2)41-19-13-21-43(48(41)45)44-22-14-20-42(39)49(44)46/h4,13-14,19-33,36H,2-3,5-12,15-18H2,1H3. The van der Waals surface area contributed by atoms with Crippen molar-refractivity contribution in [3.63, 3.8) is 0 Å². The molecule has 0 unspecified atom stereocenters. The van der Waals surface area contributed by atoms with Crippen molar-refractivity contribution in [2.45, 2.75) is 96.3 Å². The average Bonchev–Trinajstić information content (AvgIpc) is 3.16. The molecule has 8 rings (SSSR count). The smallest absolute Gasteiger partial charge is 0.00201 e. The molecule has 0 bridgehead atoms. The summed E-state index contributed by atoms with van der Waals surface area (Å²) in [5, 5.41) is 11.0. The van der Waals surface area contributed by atoms with Gasteiger partial charge in [-0.3, -0.25) is 0 Å². The molecular formula is C49H50. The molecular weight excluding hydrogens is 589 g/mol. The Morgan fingerprint density at radius 3 is 1.84 bits per heavy atom. The Morgan fingerprint density at radius 1 is 0.551 bits per heavy atom. The van der Waals surface area contributed by atoms with Gasteiger partial charge in [0.05, 0.1) is 0 Å². The fraction of sp³-hybridized carbons (Fsp3) is 0.306. The molecule has 7 aromatic rings. The first-order valence-corrected chi connectivity index (χ1v) is 19.2. The fourth-order valence-corrected chi connectivity index (χ4v) is 9.02. The molecule has 0 heteroatoms. The van der Waals surface area contributed by atoms with Gasteiger partial charge >= 0.3 is 0 Å². The highest BCUT2D eigenvalue weighted by atomic mass is 14.3. The SMILES string of the molecule is C=CCCCc1ccc(-c2ccc3c4ccc(-c5ccc(CCCCCC)cc5C5CCCCC5)c5cccc(c6cccc2c63)c54)cc1. The first-order valence-electron chi connectivity index (χ1n) is 19.2. The molecule has 0 saturated heterocycles. The molecule has 0 spiro atoms. The lowest BCUT2D eigenvalue weighted by Crippen LogP contribution is -2.07. The molecule has 1 aliphatic rings. The van der Waals surface area contributed by atoms with Crippen LogP contribution in [0.2, 0.25) is 0 Å². The highest BCUT2D eigenvalue weighted by Gasteiger charge is 2.22. The van der Waals surface area contributed by atoms with E-state index in [2.05, 4.69) is 117 Å². The van der Waals surface area contributed by atoms with E-state index in [1.165, 1.54) is 141 Å². The van der Waals surface area contributed by atoms with Crippen molar-refractivity contribution < 1.29 is 0 Å². The molecule has 0 atom stereocenters. The van der Waals surface area contributed by atoms with Gasteiger partial charge in [-0.05, 0) is 133 Å². The largest absolute Gasteiger partial charge is 0.103 e. The number of hydrogen-bond acceptors (Lipinski definition) is 0. The third kappa shape index (κ3) is 6.05. The van der Waals surface area contributed by atoms with Crippen molar-refractivity contribution in [2.24, 2.45) is 0 Å². The maximum Gasteiger partial charge on any atom is -0.00201 e. The number of fused-ring (bicyclic) bond motifs is 2. The zero-order valence-electron chi connectivity index (χ0n) is 29.4. The van der Waals surface area contributed by atoms with Crippen LogP contribution < -0.4 is 0 Å². The summed E-state index contributed by atoms with van der Waals surface area (Å²) in [7, 11) is 0. The number of rotatable bonds is 12. The van der Waals surface area contributed by atoms with E-state index in [-0.39, 0.29) is 0 Å². The normalized spacial score (nSPS) is 14.1. The van der Waals surface area contributed by atoms with Gasteiger partial charge in [0, 0.05) is 0 Å². The van der Waals surface area contributed by atoms with E-state index >= 15 is 0 Å². The van der Waals surface area contributed by atoms with Gasteiger partial charge in [-0.15, -0.1) is 6.58 Å². The minimum Gasteiger partial charge on any atom is -0.103 e. The monoisotopic (exact) mass is 638 g/mol. The van der Waals surface area contributed by atoms with Crippen molar-refractivity contribution in [1.29, 1.82) is 0 Å². The van der Waals surface area contributed by atoms with Crippen LogP contribution in [0.4, 0.5) is 0 Å². The topological polar surface area (TPSA) is 0 Å². The van der Waals surface area contributed by atoms with E-state index in [9.17, 15) is 0 Å². The van der Waals surface area contributed by atoms with Crippen LogP contribution in [0.15, 0.2) is 116 Å². The molecule has 1 saturated carbocycles. The van der Waals surface area contributed by atoms with Crippen LogP contribution in [-0.2, 0) is 12.8 Å². The summed E-state index contributed by atoms with van der Waals surface area (Å²) in [6.45, 7) is 6.19. The quantitative estimate of drug-likeness (QED) is 0.0541. The van der Waals surface area contributed by atoms with Crippen molar-refractivity contribution in [2.75, 3.05) is 0 Å².